The number of pyridine rings is 1. The normalized spacial score (nSPS) is 15.8. The van der Waals surface area contributed by atoms with E-state index in [1.807, 2.05) is 12.1 Å². The Kier molecular flexibility index (Phi) is 5.48. The van der Waals surface area contributed by atoms with E-state index in [9.17, 15) is 0 Å². The fourth-order valence-electron chi connectivity index (χ4n) is 3.76. The number of methoxy groups -OCH3 is 1. The minimum absolute atomic E-state index is 0.889. The zero-order valence-corrected chi connectivity index (χ0v) is 17.4. The van der Waals surface area contributed by atoms with Crippen molar-refractivity contribution in [3.8, 4) is 17.0 Å². The van der Waals surface area contributed by atoms with Gasteiger partial charge in [0.25, 0.3) is 0 Å². The van der Waals surface area contributed by atoms with E-state index in [0.717, 1.165) is 65.4 Å². The number of hydrogen-bond acceptors (Lipinski definition) is 4. The molecule has 1 N–H and O–H groups in total. The molecule has 3 aromatic rings. The van der Waals surface area contributed by atoms with Crippen LogP contribution in [0.5, 0.6) is 5.75 Å². The minimum atomic E-state index is 0.889. The summed E-state index contributed by atoms with van der Waals surface area (Å²) in [4.78, 5) is 7.52. The van der Waals surface area contributed by atoms with E-state index in [2.05, 4.69) is 61.9 Å². The van der Waals surface area contributed by atoms with Crippen molar-refractivity contribution in [3.63, 3.8) is 0 Å². The Balaban J connectivity index is 1.81. The molecule has 0 unspecified atom stereocenters. The SMILES string of the molecule is COc1ccc(-c2nc3c(Br)cccn3c2CN2CCCNCC2)cc1C. The van der Waals surface area contributed by atoms with Crippen LogP contribution >= 0.6 is 15.9 Å². The van der Waals surface area contributed by atoms with Crippen molar-refractivity contribution in [2.75, 3.05) is 33.3 Å². The van der Waals surface area contributed by atoms with Crippen LogP contribution in [0.2, 0.25) is 0 Å². The van der Waals surface area contributed by atoms with Gasteiger partial charge < -0.3 is 14.5 Å². The summed E-state index contributed by atoms with van der Waals surface area (Å²) in [5, 5.41) is 3.48. The van der Waals surface area contributed by atoms with Gasteiger partial charge in [-0.3, -0.25) is 4.90 Å². The smallest absolute Gasteiger partial charge is 0.152 e. The zero-order chi connectivity index (χ0) is 18.8. The summed E-state index contributed by atoms with van der Waals surface area (Å²) in [5.41, 5.74) is 5.49. The summed E-state index contributed by atoms with van der Waals surface area (Å²) in [5.74, 6) is 0.906. The highest BCUT2D eigenvalue weighted by atomic mass is 79.9. The highest BCUT2D eigenvalue weighted by Crippen LogP contribution is 2.31. The molecule has 1 aliphatic heterocycles. The summed E-state index contributed by atoms with van der Waals surface area (Å²) >= 11 is 3.66. The number of benzene rings is 1. The van der Waals surface area contributed by atoms with Gasteiger partial charge in [-0.2, -0.15) is 0 Å². The van der Waals surface area contributed by atoms with Gasteiger partial charge in [-0.05, 0) is 78.3 Å². The standard InChI is InChI=1S/C21H25BrN4O/c1-15-13-16(6-7-19(15)27-2)20-18(14-25-10-4-8-23-9-12-25)26-11-3-5-17(22)21(26)24-20/h3,5-7,11,13,23H,4,8-10,12,14H2,1-2H3. The number of fused-ring (bicyclic) bond motifs is 1. The van der Waals surface area contributed by atoms with Crippen LogP contribution in [-0.2, 0) is 6.54 Å². The molecule has 0 amide bonds. The number of nitrogens with zero attached hydrogens (tertiary/aromatic N) is 3. The number of imidazole rings is 1. The Bertz CT molecular complexity index is 945. The first-order valence-electron chi connectivity index (χ1n) is 9.41. The number of aromatic nitrogens is 2. The van der Waals surface area contributed by atoms with Crippen LogP contribution in [0.1, 0.15) is 17.7 Å². The number of ether oxygens (including phenoxy) is 1. The third kappa shape index (κ3) is 3.74. The summed E-state index contributed by atoms with van der Waals surface area (Å²) in [7, 11) is 1.71. The molecule has 1 aliphatic rings. The van der Waals surface area contributed by atoms with Crippen LogP contribution in [0, 0.1) is 6.92 Å². The molecule has 0 atom stereocenters. The molecule has 6 heteroatoms. The first kappa shape index (κ1) is 18.5. The molecule has 0 saturated carbocycles. The van der Waals surface area contributed by atoms with E-state index >= 15 is 0 Å². The van der Waals surface area contributed by atoms with Gasteiger partial charge in [-0.1, -0.05) is 0 Å². The lowest BCUT2D eigenvalue weighted by Crippen LogP contribution is -2.28. The van der Waals surface area contributed by atoms with Crippen molar-refractivity contribution in [2.24, 2.45) is 0 Å². The van der Waals surface area contributed by atoms with E-state index in [-0.39, 0.29) is 0 Å². The Hall–Kier alpha value is -1.89. The molecule has 4 rings (SSSR count). The predicted molar refractivity (Wildman–Crippen MR) is 112 cm³/mol. The molecule has 3 heterocycles. The number of hydrogen-bond donors (Lipinski definition) is 1. The average Bonchev–Trinajstić information content (AvgIpc) is 2.85. The predicted octanol–water partition coefficient (Wildman–Crippen LogP) is 3.88. The van der Waals surface area contributed by atoms with Gasteiger partial charge in [-0.15, -0.1) is 0 Å². The molecule has 142 valence electrons. The van der Waals surface area contributed by atoms with Gasteiger partial charge in [-0.25, -0.2) is 4.98 Å². The van der Waals surface area contributed by atoms with Crippen LogP contribution in [-0.4, -0.2) is 47.6 Å². The largest absolute Gasteiger partial charge is 0.496 e. The molecular weight excluding hydrogens is 404 g/mol. The highest BCUT2D eigenvalue weighted by Gasteiger charge is 2.19. The van der Waals surface area contributed by atoms with Crippen LogP contribution in [0.4, 0.5) is 0 Å². The molecule has 0 radical (unpaired) electrons. The van der Waals surface area contributed by atoms with Gasteiger partial charge in [0.1, 0.15) is 5.75 Å². The molecule has 2 aromatic heterocycles. The maximum atomic E-state index is 5.43. The topological polar surface area (TPSA) is 41.8 Å². The molecule has 1 aromatic carbocycles. The lowest BCUT2D eigenvalue weighted by atomic mass is 10.1. The van der Waals surface area contributed by atoms with Crippen molar-refractivity contribution in [1.29, 1.82) is 0 Å². The summed E-state index contributed by atoms with van der Waals surface area (Å²) in [6.45, 7) is 7.27. The van der Waals surface area contributed by atoms with Crippen molar-refractivity contribution < 1.29 is 4.74 Å². The van der Waals surface area contributed by atoms with E-state index < -0.39 is 0 Å². The number of halogens is 1. The van der Waals surface area contributed by atoms with E-state index in [1.54, 1.807) is 7.11 Å². The van der Waals surface area contributed by atoms with Crippen LogP contribution in [0.15, 0.2) is 41.0 Å². The van der Waals surface area contributed by atoms with Gasteiger partial charge in [0.2, 0.25) is 0 Å². The van der Waals surface area contributed by atoms with Crippen molar-refractivity contribution in [3.05, 3.63) is 52.3 Å². The van der Waals surface area contributed by atoms with E-state index in [0.29, 0.717) is 0 Å². The van der Waals surface area contributed by atoms with Crippen LogP contribution < -0.4 is 10.1 Å². The van der Waals surface area contributed by atoms with Gasteiger partial charge in [0.15, 0.2) is 5.65 Å². The first-order valence-corrected chi connectivity index (χ1v) is 10.2. The molecular formula is C21H25BrN4O. The summed E-state index contributed by atoms with van der Waals surface area (Å²) in [6, 6.07) is 10.4. The summed E-state index contributed by atoms with van der Waals surface area (Å²) in [6.07, 6.45) is 3.29. The van der Waals surface area contributed by atoms with Crippen molar-refractivity contribution in [1.82, 2.24) is 19.6 Å². The minimum Gasteiger partial charge on any atom is -0.496 e. The molecule has 27 heavy (non-hydrogen) atoms. The molecule has 0 spiro atoms. The van der Waals surface area contributed by atoms with Crippen LogP contribution in [0.25, 0.3) is 16.9 Å². The quantitative estimate of drug-likeness (QED) is 0.684. The van der Waals surface area contributed by atoms with Gasteiger partial charge in [0.05, 0.1) is 23.0 Å². The summed E-state index contributed by atoms with van der Waals surface area (Å²) < 4.78 is 8.66. The molecule has 0 aliphatic carbocycles. The number of aryl methyl sites for hydroxylation is 1. The fraction of sp³-hybridized carbons (Fsp3) is 0.381. The second-order valence-corrected chi connectivity index (χ2v) is 7.88. The Morgan fingerprint density at radius 1 is 1.22 bits per heavy atom. The second kappa shape index (κ2) is 8.00. The third-order valence-electron chi connectivity index (χ3n) is 5.18. The van der Waals surface area contributed by atoms with Crippen molar-refractivity contribution in [2.45, 2.75) is 19.9 Å². The number of nitrogens with one attached hydrogen (secondary N) is 1. The maximum absolute atomic E-state index is 5.43. The first-order chi connectivity index (χ1) is 13.2. The lowest BCUT2D eigenvalue weighted by molar-refractivity contribution is 0.281. The van der Waals surface area contributed by atoms with E-state index in [1.165, 1.54) is 12.1 Å². The zero-order valence-electron chi connectivity index (χ0n) is 15.8. The third-order valence-corrected chi connectivity index (χ3v) is 5.79. The van der Waals surface area contributed by atoms with Gasteiger partial charge >= 0.3 is 0 Å². The monoisotopic (exact) mass is 428 g/mol. The van der Waals surface area contributed by atoms with Gasteiger partial charge in [0, 0.05) is 31.4 Å². The van der Waals surface area contributed by atoms with Crippen molar-refractivity contribution >= 4 is 21.6 Å². The van der Waals surface area contributed by atoms with Crippen LogP contribution in [0.3, 0.4) is 0 Å². The highest BCUT2D eigenvalue weighted by molar-refractivity contribution is 9.10. The molecule has 0 bridgehead atoms. The second-order valence-electron chi connectivity index (χ2n) is 7.02. The Labute approximate surface area is 168 Å². The molecule has 1 fully saturated rings. The molecule has 1 saturated heterocycles. The Morgan fingerprint density at radius 2 is 2.11 bits per heavy atom. The van der Waals surface area contributed by atoms with E-state index in [4.69, 9.17) is 9.72 Å². The molecule has 5 nitrogen and oxygen atoms in total. The average molecular weight is 429 g/mol. The fourth-order valence-corrected chi connectivity index (χ4v) is 4.20. The Morgan fingerprint density at radius 3 is 2.93 bits per heavy atom. The lowest BCUT2D eigenvalue weighted by Gasteiger charge is -2.20. The number of rotatable bonds is 4. The maximum Gasteiger partial charge on any atom is 0.152 e.